The van der Waals surface area contributed by atoms with Crippen LogP contribution in [-0.2, 0) is 22.6 Å². The average molecular weight is 396 g/mol. The number of fused-ring (bicyclic) bond motifs is 1. The van der Waals surface area contributed by atoms with E-state index < -0.39 is 0 Å². The number of carbonyl (C=O) groups is 1. The van der Waals surface area contributed by atoms with Crippen LogP contribution in [0.25, 0.3) is 11.4 Å². The number of nitrogens with zero attached hydrogens (tertiary/aromatic N) is 2. The number of methoxy groups -OCH3 is 2. The van der Waals surface area contributed by atoms with Crippen LogP contribution in [0, 0.1) is 5.92 Å². The van der Waals surface area contributed by atoms with Crippen molar-refractivity contribution in [2.75, 3.05) is 20.8 Å². The molecule has 0 bridgehead atoms. The van der Waals surface area contributed by atoms with Gasteiger partial charge < -0.3 is 23.5 Å². The van der Waals surface area contributed by atoms with E-state index in [4.69, 9.17) is 23.5 Å². The third kappa shape index (κ3) is 4.01. The minimum absolute atomic E-state index is 0.0999. The van der Waals surface area contributed by atoms with Gasteiger partial charge in [0.2, 0.25) is 5.82 Å². The lowest BCUT2D eigenvalue weighted by atomic mass is 9.97. The van der Waals surface area contributed by atoms with Crippen LogP contribution in [0.15, 0.2) is 47.0 Å². The molecule has 0 fully saturated rings. The lowest BCUT2D eigenvalue weighted by Crippen LogP contribution is -2.29. The zero-order valence-corrected chi connectivity index (χ0v) is 16.1. The van der Waals surface area contributed by atoms with E-state index in [0.29, 0.717) is 29.3 Å². The third-order valence-electron chi connectivity index (χ3n) is 4.66. The molecule has 1 aromatic heterocycles. The fourth-order valence-electron chi connectivity index (χ4n) is 3.14. The van der Waals surface area contributed by atoms with Crippen molar-refractivity contribution in [2.45, 2.75) is 13.0 Å². The van der Waals surface area contributed by atoms with Gasteiger partial charge in [-0.15, -0.1) is 0 Å². The minimum atomic E-state index is -0.363. The summed E-state index contributed by atoms with van der Waals surface area (Å²) >= 11 is 0. The molecule has 3 aromatic rings. The molecule has 0 N–H and O–H groups in total. The van der Waals surface area contributed by atoms with E-state index >= 15 is 0 Å². The van der Waals surface area contributed by atoms with Crippen LogP contribution >= 0.6 is 0 Å². The number of hydrogen-bond donors (Lipinski definition) is 0. The molecular weight excluding hydrogens is 376 g/mol. The molecule has 0 radical (unpaired) electrons. The van der Waals surface area contributed by atoms with Crippen molar-refractivity contribution in [1.82, 2.24) is 10.1 Å². The van der Waals surface area contributed by atoms with Gasteiger partial charge >= 0.3 is 5.97 Å². The van der Waals surface area contributed by atoms with Gasteiger partial charge in [0.05, 0.1) is 20.1 Å². The topological polar surface area (TPSA) is 92.9 Å². The van der Waals surface area contributed by atoms with Crippen LogP contribution in [0.1, 0.15) is 11.5 Å². The van der Waals surface area contributed by atoms with Crippen molar-refractivity contribution in [2.24, 2.45) is 5.92 Å². The molecule has 1 aliphatic rings. The van der Waals surface area contributed by atoms with E-state index in [0.717, 1.165) is 11.3 Å². The highest BCUT2D eigenvalue weighted by atomic mass is 16.6. The summed E-state index contributed by atoms with van der Waals surface area (Å²) in [5.41, 5.74) is 1.69. The third-order valence-corrected chi connectivity index (χ3v) is 4.66. The molecular formula is C21H20N2O6. The van der Waals surface area contributed by atoms with Crippen LogP contribution < -0.4 is 14.2 Å². The van der Waals surface area contributed by atoms with Crippen LogP contribution in [0.3, 0.4) is 0 Å². The highest BCUT2D eigenvalue weighted by Gasteiger charge is 2.27. The maximum Gasteiger partial charge on any atom is 0.313 e. The lowest BCUT2D eigenvalue weighted by molar-refractivity contribution is -0.152. The second kappa shape index (κ2) is 8.22. The molecule has 0 saturated heterocycles. The number of ether oxygens (including phenoxy) is 4. The Kier molecular flexibility index (Phi) is 5.33. The molecule has 0 unspecified atom stereocenters. The van der Waals surface area contributed by atoms with Crippen molar-refractivity contribution < 1.29 is 28.3 Å². The number of carbonyl (C=O) groups excluding carboxylic acids is 1. The SMILES string of the molecule is COc1ccc(-c2noc(COC(=O)[C@@H]3COc4ccccc4C3)n2)cc1OC. The van der Waals surface area contributed by atoms with Gasteiger partial charge in [-0.2, -0.15) is 4.98 Å². The smallest absolute Gasteiger partial charge is 0.313 e. The van der Waals surface area contributed by atoms with Gasteiger partial charge in [-0.05, 0) is 36.2 Å². The molecule has 0 saturated carbocycles. The molecule has 150 valence electrons. The molecule has 4 rings (SSSR count). The molecule has 1 aliphatic heterocycles. The van der Waals surface area contributed by atoms with Gasteiger partial charge in [0.15, 0.2) is 18.1 Å². The summed E-state index contributed by atoms with van der Waals surface area (Å²) in [4.78, 5) is 16.7. The Labute approximate surface area is 167 Å². The van der Waals surface area contributed by atoms with Gasteiger partial charge in [-0.25, -0.2) is 0 Å². The first-order valence-electron chi connectivity index (χ1n) is 9.10. The highest BCUT2D eigenvalue weighted by Crippen LogP contribution is 2.31. The Hall–Kier alpha value is -3.55. The van der Waals surface area contributed by atoms with Crippen LogP contribution in [-0.4, -0.2) is 36.9 Å². The predicted octanol–water partition coefficient (Wildman–Crippen LogP) is 3.05. The molecule has 2 aromatic carbocycles. The van der Waals surface area contributed by atoms with Crippen molar-refractivity contribution in [1.29, 1.82) is 0 Å². The van der Waals surface area contributed by atoms with Crippen molar-refractivity contribution in [3.8, 4) is 28.6 Å². The van der Waals surface area contributed by atoms with E-state index in [1.807, 2.05) is 24.3 Å². The van der Waals surface area contributed by atoms with Gasteiger partial charge in [0, 0.05) is 5.56 Å². The number of para-hydroxylation sites is 1. The van der Waals surface area contributed by atoms with Crippen LogP contribution in [0.4, 0.5) is 0 Å². The molecule has 2 heterocycles. The second-order valence-electron chi connectivity index (χ2n) is 6.51. The zero-order valence-electron chi connectivity index (χ0n) is 16.1. The van der Waals surface area contributed by atoms with E-state index in [2.05, 4.69) is 10.1 Å². The first-order valence-corrected chi connectivity index (χ1v) is 9.10. The van der Waals surface area contributed by atoms with Gasteiger partial charge in [-0.3, -0.25) is 4.79 Å². The molecule has 29 heavy (non-hydrogen) atoms. The summed E-state index contributed by atoms with van der Waals surface area (Å²) in [6, 6.07) is 13.0. The number of hydrogen-bond acceptors (Lipinski definition) is 8. The summed E-state index contributed by atoms with van der Waals surface area (Å²) in [5.74, 6) is 1.83. The van der Waals surface area contributed by atoms with E-state index in [1.165, 1.54) is 0 Å². The molecule has 8 heteroatoms. The fourth-order valence-corrected chi connectivity index (χ4v) is 3.14. The van der Waals surface area contributed by atoms with Crippen molar-refractivity contribution in [3.63, 3.8) is 0 Å². The largest absolute Gasteiger partial charge is 0.493 e. The van der Waals surface area contributed by atoms with Gasteiger partial charge in [-0.1, -0.05) is 23.4 Å². The Morgan fingerprint density at radius 2 is 1.97 bits per heavy atom. The standard InChI is InChI=1S/C21H20N2O6/c1-25-17-8-7-14(10-18(17)26-2)20-22-19(29-23-20)12-28-21(24)15-9-13-5-3-4-6-16(13)27-11-15/h3-8,10,15H,9,11-12H2,1-2H3/t15-/m0/s1. The Balaban J connectivity index is 1.38. The summed E-state index contributed by atoms with van der Waals surface area (Å²) in [6.07, 6.45) is 0.579. The van der Waals surface area contributed by atoms with E-state index in [9.17, 15) is 4.79 Å². The molecule has 0 amide bonds. The minimum Gasteiger partial charge on any atom is -0.493 e. The summed E-state index contributed by atoms with van der Waals surface area (Å²) in [7, 11) is 3.12. The normalized spacial score (nSPS) is 15.2. The summed E-state index contributed by atoms with van der Waals surface area (Å²) in [5, 5.41) is 3.94. The maximum absolute atomic E-state index is 12.4. The Bertz CT molecular complexity index is 1020. The first kappa shape index (κ1) is 18.8. The molecule has 1 atom stereocenters. The van der Waals surface area contributed by atoms with Gasteiger partial charge in [0.25, 0.3) is 5.89 Å². The number of esters is 1. The van der Waals surface area contributed by atoms with Crippen LogP contribution in [0.2, 0.25) is 0 Å². The Morgan fingerprint density at radius 3 is 2.79 bits per heavy atom. The highest BCUT2D eigenvalue weighted by molar-refractivity contribution is 5.73. The summed E-state index contributed by atoms with van der Waals surface area (Å²) in [6.45, 7) is 0.188. The van der Waals surface area contributed by atoms with Crippen LogP contribution in [0.5, 0.6) is 17.2 Å². The van der Waals surface area contributed by atoms with E-state index in [1.54, 1.807) is 32.4 Å². The monoisotopic (exact) mass is 396 g/mol. The molecule has 0 spiro atoms. The second-order valence-corrected chi connectivity index (χ2v) is 6.51. The lowest BCUT2D eigenvalue weighted by Gasteiger charge is -2.23. The predicted molar refractivity (Wildman–Crippen MR) is 102 cm³/mol. The van der Waals surface area contributed by atoms with Crippen molar-refractivity contribution in [3.05, 3.63) is 53.9 Å². The average Bonchev–Trinajstić information content (AvgIpc) is 3.25. The summed E-state index contributed by atoms with van der Waals surface area (Å²) < 4.78 is 26.7. The maximum atomic E-state index is 12.4. The quantitative estimate of drug-likeness (QED) is 0.587. The van der Waals surface area contributed by atoms with Gasteiger partial charge in [0.1, 0.15) is 12.4 Å². The number of rotatable bonds is 6. The molecule has 0 aliphatic carbocycles. The Morgan fingerprint density at radius 1 is 1.14 bits per heavy atom. The number of aromatic nitrogens is 2. The number of benzene rings is 2. The molecule has 8 nitrogen and oxygen atoms in total. The van der Waals surface area contributed by atoms with Crippen molar-refractivity contribution >= 4 is 5.97 Å². The zero-order chi connectivity index (χ0) is 20.2. The van der Waals surface area contributed by atoms with E-state index in [-0.39, 0.29) is 31.0 Å². The first-order chi connectivity index (χ1) is 14.2. The fraction of sp³-hybridized carbons (Fsp3) is 0.286.